The van der Waals surface area contributed by atoms with Crippen molar-refractivity contribution in [3.63, 3.8) is 0 Å². The van der Waals surface area contributed by atoms with Crippen molar-refractivity contribution in [2.45, 2.75) is 26.7 Å². The van der Waals surface area contributed by atoms with Crippen LogP contribution in [0.4, 0.5) is 11.5 Å². The van der Waals surface area contributed by atoms with Crippen LogP contribution in [0.5, 0.6) is 0 Å². The van der Waals surface area contributed by atoms with Gasteiger partial charge in [-0.25, -0.2) is 4.98 Å². The number of aromatic nitrogens is 1. The summed E-state index contributed by atoms with van der Waals surface area (Å²) in [7, 11) is 0. The Labute approximate surface area is 125 Å². The maximum absolute atomic E-state index is 12.3. The fourth-order valence-electron chi connectivity index (χ4n) is 2.14. The summed E-state index contributed by atoms with van der Waals surface area (Å²) in [6.07, 6.45) is 0. The summed E-state index contributed by atoms with van der Waals surface area (Å²) in [6, 6.07) is 13.2. The molecule has 1 aromatic carbocycles. The molecule has 4 nitrogen and oxygen atoms in total. The number of anilines is 2. The van der Waals surface area contributed by atoms with Gasteiger partial charge in [-0.2, -0.15) is 0 Å². The summed E-state index contributed by atoms with van der Waals surface area (Å²) < 4.78 is 0. The average molecular weight is 283 g/mol. The van der Waals surface area contributed by atoms with E-state index in [4.69, 9.17) is 0 Å². The van der Waals surface area contributed by atoms with E-state index in [0.29, 0.717) is 17.4 Å². The normalized spacial score (nSPS) is 10.5. The van der Waals surface area contributed by atoms with Crippen LogP contribution in [0.1, 0.15) is 42.7 Å². The van der Waals surface area contributed by atoms with Crippen molar-refractivity contribution in [3.05, 3.63) is 53.7 Å². The van der Waals surface area contributed by atoms with Crippen molar-refractivity contribution in [2.24, 2.45) is 0 Å². The molecule has 0 saturated heterocycles. The highest BCUT2D eigenvalue weighted by atomic mass is 16.1. The van der Waals surface area contributed by atoms with Gasteiger partial charge in [0.05, 0.1) is 0 Å². The summed E-state index contributed by atoms with van der Waals surface area (Å²) >= 11 is 0. The lowest BCUT2D eigenvalue weighted by Crippen LogP contribution is -2.16. The van der Waals surface area contributed by atoms with Gasteiger partial charge in [0.1, 0.15) is 11.5 Å². The van der Waals surface area contributed by atoms with Gasteiger partial charge in [-0.15, -0.1) is 0 Å². The third kappa shape index (κ3) is 3.81. The van der Waals surface area contributed by atoms with Crippen molar-refractivity contribution < 1.29 is 4.79 Å². The predicted molar refractivity (Wildman–Crippen MR) is 86.9 cm³/mol. The molecule has 0 aliphatic rings. The Hall–Kier alpha value is -2.36. The number of hydrogen-bond acceptors (Lipinski definition) is 3. The van der Waals surface area contributed by atoms with Gasteiger partial charge in [-0.3, -0.25) is 4.79 Å². The molecule has 1 aromatic heterocycles. The molecule has 110 valence electrons. The lowest BCUT2D eigenvalue weighted by atomic mass is 10.0. The number of carbonyl (C=O) groups excluding carboxylic acids is 1. The number of carbonyl (C=O) groups is 1. The van der Waals surface area contributed by atoms with E-state index in [1.165, 1.54) is 0 Å². The molecular formula is C17H21N3O. The first kappa shape index (κ1) is 15.0. The maximum Gasteiger partial charge on any atom is 0.274 e. The number of benzene rings is 1. The van der Waals surface area contributed by atoms with Crippen LogP contribution in [-0.4, -0.2) is 17.4 Å². The van der Waals surface area contributed by atoms with E-state index >= 15 is 0 Å². The molecule has 2 aromatic rings. The minimum absolute atomic E-state index is 0.192. The van der Waals surface area contributed by atoms with Gasteiger partial charge in [0.25, 0.3) is 5.91 Å². The van der Waals surface area contributed by atoms with E-state index < -0.39 is 0 Å². The van der Waals surface area contributed by atoms with Crippen molar-refractivity contribution in [3.8, 4) is 0 Å². The predicted octanol–water partition coefficient (Wildman–Crippen LogP) is 3.89. The van der Waals surface area contributed by atoms with Gasteiger partial charge in [-0.1, -0.05) is 38.1 Å². The van der Waals surface area contributed by atoms with Gasteiger partial charge in [-0.05, 0) is 36.6 Å². The molecular weight excluding hydrogens is 262 g/mol. The number of nitrogens with one attached hydrogen (secondary N) is 2. The van der Waals surface area contributed by atoms with Crippen LogP contribution in [0.25, 0.3) is 0 Å². The van der Waals surface area contributed by atoms with Gasteiger partial charge in [0.2, 0.25) is 0 Å². The molecule has 0 atom stereocenters. The lowest BCUT2D eigenvalue weighted by Gasteiger charge is -2.13. The molecule has 0 fully saturated rings. The fourth-order valence-corrected chi connectivity index (χ4v) is 2.14. The molecule has 0 aliphatic carbocycles. The number of para-hydroxylation sites is 1. The van der Waals surface area contributed by atoms with Crippen LogP contribution in [0, 0.1) is 0 Å². The summed E-state index contributed by atoms with van der Waals surface area (Å²) in [5.74, 6) is 0.868. The quantitative estimate of drug-likeness (QED) is 0.875. The van der Waals surface area contributed by atoms with Crippen molar-refractivity contribution in [1.29, 1.82) is 0 Å². The van der Waals surface area contributed by atoms with Crippen molar-refractivity contribution >= 4 is 17.4 Å². The molecule has 21 heavy (non-hydrogen) atoms. The van der Waals surface area contributed by atoms with Gasteiger partial charge in [0, 0.05) is 12.2 Å². The Morgan fingerprint density at radius 2 is 1.90 bits per heavy atom. The fraction of sp³-hybridized carbons (Fsp3) is 0.294. The molecule has 0 unspecified atom stereocenters. The molecule has 1 amide bonds. The van der Waals surface area contributed by atoms with Crippen molar-refractivity contribution in [2.75, 3.05) is 17.2 Å². The van der Waals surface area contributed by atoms with E-state index in [1.54, 1.807) is 6.07 Å². The van der Waals surface area contributed by atoms with Crippen molar-refractivity contribution in [1.82, 2.24) is 4.98 Å². The smallest absolute Gasteiger partial charge is 0.274 e. The van der Waals surface area contributed by atoms with Crippen LogP contribution in [0.2, 0.25) is 0 Å². The first-order valence-corrected chi connectivity index (χ1v) is 7.23. The zero-order chi connectivity index (χ0) is 15.2. The highest BCUT2D eigenvalue weighted by molar-refractivity contribution is 6.03. The summed E-state index contributed by atoms with van der Waals surface area (Å²) in [5.41, 5.74) is 2.37. The maximum atomic E-state index is 12.3. The highest BCUT2D eigenvalue weighted by Gasteiger charge is 2.12. The van der Waals surface area contributed by atoms with Crippen LogP contribution in [-0.2, 0) is 0 Å². The number of nitrogens with zero attached hydrogens (tertiary/aromatic N) is 1. The van der Waals surface area contributed by atoms with E-state index in [1.807, 2.05) is 43.3 Å². The average Bonchev–Trinajstić information content (AvgIpc) is 2.48. The van der Waals surface area contributed by atoms with Gasteiger partial charge < -0.3 is 10.6 Å². The molecule has 2 N–H and O–H groups in total. The summed E-state index contributed by atoms with van der Waals surface area (Å²) in [5, 5.41) is 6.05. The molecule has 1 heterocycles. The van der Waals surface area contributed by atoms with Gasteiger partial charge in [0.15, 0.2) is 0 Å². The van der Waals surface area contributed by atoms with E-state index in [2.05, 4.69) is 29.5 Å². The molecule has 4 heteroatoms. The molecule has 0 bridgehead atoms. The lowest BCUT2D eigenvalue weighted by molar-refractivity contribution is 0.102. The first-order chi connectivity index (χ1) is 10.1. The van der Waals surface area contributed by atoms with E-state index in [0.717, 1.165) is 17.8 Å². The number of rotatable bonds is 5. The second-order valence-electron chi connectivity index (χ2n) is 5.13. The molecule has 0 saturated carbocycles. The van der Waals surface area contributed by atoms with E-state index in [-0.39, 0.29) is 5.91 Å². The third-order valence-electron chi connectivity index (χ3n) is 3.17. The largest absolute Gasteiger partial charge is 0.370 e. The SMILES string of the molecule is CCNc1cccc(C(=O)Nc2ccccc2C(C)C)n1. The summed E-state index contributed by atoms with van der Waals surface area (Å²) in [4.78, 5) is 16.7. The van der Waals surface area contributed by atoms with Gasteiger partial charge >= 0.3 is 0 Å². The minimum atomic E-state index is -0.192. The molecule has 0 spiro atoms. The Bertz CT molecular complexity index is 623. The standard InChI is InChI=1S/C17H21N3O/c1-4-18-16-11-7-10-15(19-16)17(21)20-14-9-6-5-8-13(14)12(2)3/h5-12H,4H2,1-3H3,(H,18,19)(H,20,21). The second kappa shape index (κ2) is 6.88. The van der Waals surface area contributed by atoms with E-state index in [9.17, 15) is 4.79 Å². The van der Waals surface area contributed by atoms with Crippen LogP contribution in [0.15, 0.2) is 42.5 Å². The Morgan fingerprint density at radius 3 is 2.62 bits per heavy atom. The summed E-state index contributed by atoms with van der Waals surface area (Å²) in [6.45, 7) is 6.98. The van der Waals surface area contributed by atoms with Crippen LogP contribution < -0.4 is 10.6 Å². The minimum Gasteiger partial charge on any atom is -0.370 e. The first-order valence-electron chi connectivity index (χ1n) is 7.23. The second-order valence-corrected chi connectivity index (χ2v) is 5.13. The Kier molecular flexibility index (Phi) is 4.93. The zero-order valence-electron chi connectivity index (χ0n) is 12.7. The third-order valence-corrected chi connectivity index (χ3v) is 3.17. The monoisotopic (exact) mass is 283 g/mol. The Balaban J connectivity index is 2.20. The van der Waals surface area contributed by atoms with Crippen LogP contribution in [0.3, 0.4) is 0 Å². The topological polar surface area (TPSA) is 54.0 Å². The zero-order valence-corrected chi connectivity index (χ0v) is 12.7. The number of hydrogen-bond donors (Lipinski definition) is 2. The molecule has 0 aliphatic heterocycles. The Morgan fingerprint density at radius 1 is 1.14 bits per heavy atom. The molecule has 2 rings (SSSR count). The molecule has 0 radical (unpaired) electrons. The number of pyridine rings is 1. The van der Waals surface area contributed by atoms with Crippen LogP contribution >= 0.6 is 0 Å². The number of amides is 1. The highest BCUT2D eigenvalue weighted by Crippen LogP contribution is 2.24.